The summed E-state index contributed by atoms with van der Waals surface area (Å²) in [6.45, 7) is 1.76. The van der Waals surface area contributed by atoms with Crippen LogP contribution in [0.2, 0.25) is 10.4 Å². The van der Waals surface area contributed by atoms with Crippen LogP contribution in [0, 0.1) is 12.7 Å². The summed E-state index contributed by atoms with van der Waals surface area (Å²) in [6, 6.07) is 4.31. The van der Waals surface area contributed by atoms with E-state index in [0.717, 1.165) is 5.56 Å². The molecule has 1 aromatic carbocycles. The minimum absolute atomic E-state index is 0.0170. The first-order valence-electron chi connectivity index (χ1n) is 4.65. The normalized spacial score (nSPS) is 10.4. The lowest BCUT2D eigenvalue weighted by atomic mass is 10.2. The molecule has 1 aromatic heterocycles. The Morgan fingerprint density at radius 2 is 2.00 bits per heavy atom. The summed E-state index contributed by atoms with van der Waals surface area (Å²) in [5.41, 5.74) is 1.39. The first-order chi connectivity index (χ1) is 8.06. The number of hydrogen-bond donors (Lipinski definition) is 1. The van der Waals surface area contributed by atoms with Crippen molar-refractivity contribution in [2.75, 3.05) is 5.32 Å². The Morgan fingerprint density at radius 1 is 1.24 bits per heavy atom. The number of aryl methyl sites for hydroxylation is 1. The zero-order valence-corrected chi connectivity index (χ0v) is 10.2. The van der Waals surface area contributed by atoms with Crippen molar-refractivity contribution in [1.29, 1.82) is 0 Å². The van der Waals surface area contributed by atoms with Gasteiger partial charge in [0, 0.05) is 5.69 Å². The van der Waals surface area contributed by atoms with Gasteiger partial charge in [0.1, 0.15) is 5.82 Å². The van der Waals surface area contributed by atoms with Crippen LogP contribution in [0.4, 0.5) is 15.9 Å². The second-order valence-electron chi connectivity index (χ2n) is 3.30. The summed E-state index contributed by atoms with van der Waals surface area (Å²) in [6.07, 6.45) is 0. The Labute approximate surface area is 107 Å². The van der Waals surface area contributed by atoms with Crippen molar-refractivity contribution < 1.29 is 4.39 Å². The minimum Gasteiger partial charge on any atom is -0.337 e. The maximum atomic E-state index is 12.9. The Kier molecular flexibility index (Phi) is 3.40. The van der Waals surface area contributed by atoms with Gasteiger partial charge in [-0.1, -0.05) is 11.6 Å². The fourth-order valence-corrected chi connectivity index (χ4v) is 1.52. The Bertz CT molecular complexity index is 562. The highest BCUT2D eigenvalue weighted by Crippen LogP contribution is 2.24. The quantitative estimate of drug-likeness (QED) is 0.911. The van der Waals surface area contributed by atoms with Crippen LogP contribution in [0.25, 0.3) is 0 Å². The number of hydrogen-bond acceptors (Lipinski definition) is 4. The maximum Gasteiger partial charge on any atom is 0.245 e. The largest absolute Gasteiger partial charge is 0.337 e. The molecular weight excluding hydrogens is 266 g/mol. The molecule has 4 nitrogen and oxygen atoms in total. The van der Waals surface area contributed by atoms with Crippen LogP contribution in [0.15, 0.2) is 18.2 Å². The Hall–Kier alpha value is -1.46. The number of nitrogens with zero attached hydrogens (tertiary/aromatic N) is 3. The van der Waals surface area contributed by atoms with E-state index in [0.29, 0.717) is 5.69 Å². The van der Waals surface area contributed by atoms with E-state index in [1.54, 1.807) is 13.0 Å². The highest BCUT2D eigenvalue weighted by molar-refractivity contribution is 6.32. The average Bonchev–Trinajstić information content (AvgIpc) is 2.27. The van der Waals surface area contributed by atoms with E-state index < -0.39 is 0 Å². The lowest BCUT2D eigenvalue weighted by Gasteiger charge is -2.09. The van der Waals surface area contributed by atoms with E-state index in [1.807, 2.05) is 0 Å². The molecule has 2 aromatic rings. The van der Waals surface area contributed by atoms with Gasteiger partial charge >= 0.3 is 0 Å². The number of rotatable bonds is 2. The van der Waals surface area contributed by atoms with Crippen molar-refractivity contribution in [3.05, 3.63) is 40.0 Å². The molecular formula is C10H7Cl2FN4. The average molecular weight is 273 g/mol. The highest BCUT2D eigenvalue weighted by Gasteiger charge is 2.08. The molecule has 0 saturated heterocycles. The Morgan fingerprint density at radius 3 is 2.71 bits per heavy atom. The van der Waals surface area contributed by atoms with Crippen LogP contribution in [0.5, 0.6) is 0 Å². The van der Waals surface area contributed by atoms with E-state index in [9.17, 15) is 4.39 Å². The molecule has 0 bridgehead atoms. The zero-order valence-electron chi connectivity index (χ0n) is 8.71. The van der Waals surface area contributed by atoms with Gasteiger partial charge in [0.15, 0.2) is 11.0 Å². The summed E-state index contributed by atoms with van der Waals surface area (Å²) >= 11 is 11.4. The summed E-state index contributed by atoms with van der Waals surface area (Å²) in [7, 11) is 0. The molecule has 0 aliphatic carbocycles. The number of benzene rings is 1. The molecule has 2 rings (SSSR count). The molecule has 1 N–H and O–H groups in total. The van der Waals surface area contributed by atoms with E-state index in [2.05, 4.69) is 20.5 Å². The molecule has 0 aliphatic heterocycles. The van der Waals surface area contributed by atoms with Crippen molar-refractivity contribution in [2.24, 2.45) is 0 Å². The molecule has 0 saturated carbocycles. The summed E-state index contributed by atoms with van der Waals surface area (Å²) in [4.78, 5) is 3.89. The molecule has 0 unspecified atom stereocenters. The van der Waals surface area contributed by atoms with Crippen LogP contribution >= 0.6 is 23.2 Å². The maximum absolute atomic E-state index is 12.9. The van der Waals surface area contributed by atoms with Crippen molar-refractivity contribution in [1.82, 2.24) is 15.2 Å². The van der Waals surface area contributed by atoms with E-state index in [4.69, 9.17) is 23.2 Å². The smallest absolute Gasteiger partial charge is 0.245 e. The highest BCUT2D eigenvalue weighted by atomic mass is 35.5. The molecule has 0 radical (unpaired) electrons. The number of halogens is 3. The summed E-state index contributed by atoms with van der Waals surface area (Å²) in [5.74, 6) is -0.0284. The second-order valence-corrected chi connectivity index (χ2v) is 4.00. The SMILES string of the molecule is Cc1cc(F)ccc1Nc1nc(Cl)nnc1Cl. The molecule has 0 spiro atoms. The van der Waals surface area contributed by atoms with Gasteiger partial charge in [0.2, 0.25) is 5.28 Å². The molecule has 0 atom stereocenters. The van der Waals surface area contributed by atoms with Crippen LogP contribution < -0.4 is 5.32 Å². The van der Waals surface area contributed by atoms with Crippen LogP contribution in [0.1, 0.15) is 5.56 Å². The minimum atomic E-state index is -0.307. The van der Waals surface area contributed by atoms with Gasteiger partial charge in [0.05, 0.1) is 0 Å². The third-order valence-electron chi connectivity index (χ3n) is 2.06. The molecule has 88 valence electrons. The lowest BCUT2D eigenvalue weighted by molar-refractivity contribution is 0.627. The fraction of sp³-hybridized carbons (Fsp3) is 0.100. The third kappa shape index (κ3) is 2.81. The van der Waals surface area contributed by atoms with Crippen LogP contribution in [-0.2, 0) is 0 Å². The third-order valence-corrected chi connectivity index (χ3v) is 2.48. The first kappa shape index (κ1) is 12.0. The number of nitrogens with one attached hydrogen (secondary N) is 1. The zero-order chi connectivity index (χ0) is 12.4. The molecule has 0 fully saturated rings. The Balaban J connectivity index is 2.34. The number of anilines is 2. The lowest BCUT2D eigenvalue weighted by Crippen LogP contribution is -2.00. The predicted molar refractivity (Wildman–Crippen MR) is 64.3 cm³/mol. The molecule has 0 aliphatic rings. The molecule has 1 heterocycles. The number of aromatic nitrogens is 3. The van der Waals surface area contributed by atoms with Crippen LogP contribution in [0.3, 0.4) is 0 Å². The van der Waals surface area contributed by atoms with Crippen molar-refractivity contribution in [3.63, 3.8) is 0 Å². The standard InChI is InChI=1S/C10H7Cl2FN4/c1-5-4-6(13)2-3-7(5)14-9-8(11)16-17-10(12)15-9/h2-4H,1H3,(H,14,15,17). The van der Waals surface area contributed by atoms with Gasteiger partial charge in [-0.15, -0.1) is 10.2 Å². The van der Waals surface area contributed by atoms with Crippen molar-refractivity contribution in [2.45, 2.75) is 6.92 Å². The summed E-state index contributed by atoms with van der Waals surface area (Å²) < 4.78 is 12.9. The molecule has 0 amide bonds. The van der Waals surface area contributed by atoms with E-state index >= 15 is 0 Å². The van der Waals surface area contributed by atoms with E-state index in [1.165, 1.54) is 12.1 Å². The van der Waals surface area contributed by atoms with E-state index in [-0.39, 0.29) is 22.1 Å². The molecule has 7 heteroatoms. The monoisotopic (exact) mass is 272 g/mol. The van der Waals surface area contributed by atoms with Gasteiger partial charge in [0.25, 0.3) is 0 Å². The van der Waals surface area contributed by atoms with Gasteiger partial charge in [-0.3, -0.25) is 0 Å². The van der Waals surface area contributed by atoms with Gasteiger partial charge in [-0.2, -0.15) is 4.98 Å². The first-order valence-corrected chi connectivity index (χ1v) is 5.41. The van der Waals surface area contributed by atoms with Gasteiger partial charge in [-0.25, -0.2) is 4.39 Å². The topological polar surface area (TPSA) is 50.7 Å². The van der Waals surface area contributed by atoms with Crippen LogP contribution in [-0.4, -0.2) is 15.2 Å². The van der Waals surface area contributed by atoms with Crippen molar-refractivity contribution >= 4 is 34.7 Å². The van der Waals surface area contributed by atoms with Crippen molar-refractivity contribution in [3.8, 4) is 0 Å². The fourth-order valence-electron chi connectivity index (χ4n) is 1.27. The van der Waals surface area contributed by atoms with Gasteiger partial charge in [-0.05, 0) is 42.3 Å². The predicted octanol–water partition coefficient (Wildman–Crippen LogP) is 3.37. The van der Waals surface area contributed by atoms with Gasteiger partial charge < -0.3 is 5.32 Å². The molecule has 17 heavy (non-hydrogen) atoms. The second kappa shape index (κ2) is 4.81. The summed E-state index contributed by atoms with van der Waals surface area (Å²) in [5, 5.41) is 10.1.